The van der Waals surface area contributed by atoms with Crippen LogP contribution in [0.1, 0.15) is 11.7 Å². The van der Waals surface area contributed by atoms with Crippen molar-refractivity contribution in [2.45, 2.75) is 12.2 Å². The summed E-state index contributed by atoms with van der Waals surface area (Å²) < 4.78 is 44.7. The Morgan fingerprint density at radius 2 is 2.00 bits per heavy atom. The molecule has 1 aliphatic rings. The van der Waals surface area contributed by atoms with Crippen LogP contribution in [0.5, 0.6) is 11.5 Å². The smallest absolute Gasteiger partial charge is 0.197 e. The number of morpholine rings is 1. The Bertz CT molecular complexity index is 696. The summed E-state index contributed by atoms with van der Waals surface area (Å²) >= 11 is 0. The van der Waals surface area contributed by atoms with Gasteiger partial charge in [-0.1, -0.05) is 18.2 Å². The first-order valence-electron chi connectivity index (χ1n) is 7.76. The highest BCUT2D eigenvalue weighted by molar-refractivity contribution is 5.85. The van der Waals surface area contributed by atoms with Crippen LogP contribution in [-0.4, -0.2) is 32.9 Å². The average molecular weight is 372 g/mol. The van der Waals surface area contributed by atoms with E-state index in [4.69, 9.17) is 14.2 Å². The lowest BCUT2D eigenvalue weighted by Crippen LogP contribution is -2.43. The van der Waals surface area contributed by atoms with Crippen molar-refractivity contribution in [3.05, 3.63) is 59.7 Å². The summed E-state index contributed by atoms with van der Waals surface area (Å²) in [6.45, 7) is 1.77. The van der Waals surface area contributed by atoms with Gasteiger partial charge in [0, 0.05) is 13.1 Å². The maximum absolute atomic E-state index is 14.2. The lowest BCUT2D eigenvalue weighted by atomic mass is 10.0. The van der Waals surface area contributed by atoms with Crippen LogP contribution >= 0.6 is 12.4 Å². The van der Waals surface area contributed by atoms with Gasteiger partial charge in [0.1, 0.15) is 11.9 Å². The highest BCUT2D eigenvalue weighted by Gasteiger charge is 2.30. The number of hydrogen-bond acceptors (Lipinski definition) is 4. The summed E-state index contributed by atoms with van der Waals surface area (Å²) in [6, 6.07) is 10.5. The van der Waals surface area contributed by atoms with Gasteiger partial charge >= 0.3 is 0 Å². The van der Waals surface area contributed by atoms with Gasteiger partial charge in [-0.25, -0.2) is 8.78 Å². The highest BCUT2D eigenvalue weighted by atomic mass is 35.5. The molecule has 0 aliphatic carbocycles. The topological polar surface area (TPSA) is 39.7 Å². The van der Waals surface area contributed by atoms with Gasteiger partial charge in [0.25, 0.3) is 0 Å². The highest BCUT2D eigenvalue weighted by Crippen LogP contribution is 2.35. The Kier molecular flexibility index (Phi) is 6.99. The van der Waals surface area contributed by atoms with Crippen molar-refractivity contribution in [2.75, 3.05) is 26.8 Å². The first-order valence-corrected chi connectivity index (χ1v) is 7.76. The number of ether oxygens (including phenoxy) is 3. The second kappa shape index (κ2) is 8.99. The van der Waals surface area contributed by atoms with E-state index in [1.807, 2.05) is 0 Å². The molecule has 7 heteroatoms. The Labute approximate surface area is 151 Å². The zero-order valence-electron chi connectivity index (χ0n) is 13.7. The second-order valence-corrected chi connectivity index (χ2v) is 5.48. The Morgan fingerprint density at radius 1 is 1.20 bits per heavy atom. The van der Waals surface area contributed by atoms with E-state index in [1.165, 1.54) is 31.4 Å². The van der Waals surface area contributed by atoms with Gasteiger partial charge in [0.2, 0.25) is 0 Å². The SMILES string of the molecule is COc1cccc(F)c1OC(c1cccc(F)c1)C1CNCCO1.Cl. The van der Waals surface area contributed by atoms with Crippen LogP contribution in [0.3, 0.4) is 0 Å². The van der Waals surface area contributed by atoms with E-state index in [2.05, 4.69) is 5.32 Å². The summed E-state index contributed by atoms with van der Waals surface area (Å²) in [5.74, 6) is -0.659. The zero-order valence-corrected chi connectivity index (χ0v) is 14.5. The van der Waals surface area contributed by atoms with Crippen LogP contribution in [0, 0.1) is 11.6 Å². The third-order valence-corrected chi connectivity index (χ3v) is 3.87. The molecule has 3 rings (SSSR count). The van der Waals surface area contributed by atoms with Gasteiger partial charge in [0.05, 0.1) is 13.7 Å². The van der Waals surface area contributed by atoms with Gasteiger partial charge < -0.3 is 19.5 Å². The van der Waals surface area contributed by atoms with E-state index >= 15 is 0 Å². The molecule has 25 heavy (non-hydrogen) atoms. The molecule has 2 aromatic rings. The molecule has 0 spiro atoms. The maximum atomic E-state index is 14.2. The van der Waals surface area contributed by atoms with Crippen molar-refractivity contribution in [3.8, 4) is 11.5 Å². The van der Waals surface area contributed by atoms with E-state index in [0.29, 0.717) is 18.7 Å². The molecule has 0 bridgehead atoms. The molecule has 1 fully saturated rings. The largest absolute Gasteiger partial charge is 0.493 e. The molecule has 136 valence electrons. The number of nitrogens with one attached hydrogen (secondary N) is 1. The molecule has 4 nitrogen and oxygen atoms in total. The molecule has 0 radical (unpaired) electrons. The predicted octanol–water partition coefficient (Wildman–Crippen LogP) is 3.50. The molecule has 1 aliphatic heterocycles. The van der Waals surface area contributed by atoms with Crippen molar-refractivity contribution >= 4 is 12.4 Å². The number of benzene rings is 2. The zero-order chi connectivity index (χ0) is 16.9. The Morgan fingerprint density at radius 3 is 2.68 bits per heavy atom. The van der Waals surface area contributed by atoms with Gasteiger partial charge in [-0.3, -0.25) is 0 Å². The van der Waals surface area contributed by atoms with Crippen LogP contribution in [0.4, 0.5) is 8.78 Å². The van der Waals surface area contributed by atoms with E-state index in [9.17, 15) is 8.78 Å². The van der Waals surface area contributed by atoms with Crippen molar-refractivity contribution < 1.29 is 23.0 Å². The van der Waals surface area contributed by atoms with Crippen LogP contribution in [-0.2, 0) is 4.74 Å². The summed E-state index contributed by atoms with van der Waals surface area (Å²) in [5.41, 5.74) is 0.578. The summed E-state index contributed by atoms with van der Waals surface area (Å²) in [5, 5.41) is 3.20. The molecule has 0 aromatic heterocycles. The van der Waals surface area contributed by atoms with Crippen LogP contribution in [0.25, 0.3) is 0 Å². The minimum absolute atomic E-state index is 0. The molecule has 2 atom stereocenters. The number of rotatable bonds is 5. The lowest BCUT2D eigenvalue weighted by molar-refractivity contribution is -0.0449. The monoisotopic (exact) mass is 371 g/mol. The van der Waals surface area contributed by atoms with Crippen LogP contribution in [0.2, 0.25) is 0 Å². The Hall–Kier alpha value is -1.89. The second-order valence-electron chi connectivity index (χ2n) is 5.48. The van der Waals surface area contributed by atoms with Gasteiger partial charge in [-0.05, 0) is 29.8 Å². The summed E-state index contributed by atoms with van der Waals surface area (Å²) in [4.78, 5) is 0. The van der Waals surface area contributed by atoms with E-state index in [-0.39, 0.29) is 35.8 Å². The molecule has 1 heterocycles. The van der Waals surface area contributed by atoms with Crippen molar-refractivity contribution in [2.24, 2.45) is 0 Å². The van der Waals surface area contributed by atoms with Crippen LogP contribution < -0.4 is 14.8 Å². The van der Waals surface area contributed by atoms with E-state index < -0.39 is 11.9 Å². The first-order chi connectivity index (χ1) is 11.7. The van der Waals surface area contributed by atoms with E-state index in [0.717, 1.165) is 6.54 Å². The van der Waals surface area contributed by atoms with Gasteiger partial charge in [0.15, 0.2) is 23.4 Å². The molecule has 2 unspecified atom stereocenters. The van der Waals surface area contributed by atoms with E-state index in [1.54, 1.807) is 18.2 Å². The van der Waals surface area contributed by atoms with Gasteiger partial charge in [-0.15, -0.1) is 12.4 Å². The van der Waals surface area contributed by atoms with Crippen LogP contribution in [0.15, 0.2) is 42.5 Å². The fraction of sp³-hybridized carbons (Fsp3) is 0.333. The fourth-order valence-electron chi connectivity index (χ4n) is 2.71. The molecular formula is C18H20ClF2NO3. The molecular weight excluding hydrogens is 352 g/mol. The average Bonchev–Trinajstić information content (AvgIpc) is 2.61. The number of halogens is 3. The lowest BCUT2D eigenvalue weighted by Gasteiger charge is -2.32. The molecule has 0 saturated carbocycles. The molecule has 1 N–H and O–H groups in total. The molecule has 2 aromatic carbocycles. The minimum atomic E-state index is -0.667. The normalized spacial score (nSPS) is 18.1. The number of methoxy groups -OCH3 is 1. The quantitative estimate of drug-likeness (QED) is 0.873. The third kappa shape index (κ3) is 4.60. The van der Waals surface area contributed by atoms with Crippen molar-refractivity contribution in [1.82, 2.24) is 5.32 Å². The molecule has 0 amide bonds. The Balaban J connectivity index is 0.00000225. The predicted molar refractivity (Wildman–Crippen MR) is 92.6 cm³/mol. The summed E-state index contributed by atoms with van der Waals surface area (Å²) in [7, 11) is 1.44. The summed E-state index contributed by atoms with van der Waals surface area (Å²) in [6.07, 6.45) is -1.04. The minimum Gasteiger partial charge on any atom is -0.493 e. The van der Waals surface area contributed by atoms with Crippen molar-refractivity contribution in [3.63, 3.8) is 0 Å². The standard InChI is InChI=1S/C18H19F2NO3.ClH/c1-22-15-7-3-6-14(20)18(15)24-17(16-11-21-8-9-23-16)12-4-2-5-13(19)10-12;/h2-7,10,16-17,21H,8-9,11H2,1H3;1H. The first kappa shape index (κ1) is 19.4. The van der Waals surface area contributed by atoms with Gasteiger partial charge in [-0.2, -0.15) is 0 Å². The maximum Gasteiger partial charge on any atom is 0.197 e. The van der Waals surface area contributed by atoms with Crippen molar-refractivity contribution in [1.29, 1.82) is 0 Å². The molecule has 1 saturated heterocycles. The fourth-order valence-corrected chi connectivity index (χ4v) is 2.71. The third-order valence-electron chi connectivity index (χ3n) is 3.87. The number of hydrogen-bond donors (Lipinski definition) is 1. The number of para-hydroxylation sites is 1.